The molecule has 1 nitrogen and oxygen atoms in total. The van der Waals surface area contributed by atoms with Crippen molar-refractivity contribution in [2.24, 2.45) is 0 Å². The van der Waals surface area contributed by atoms with Crippen LogP contribution in [0.5, 0.6) is 0 Å². The predicted octanol–water partition coefficient (Wildman–Crippen LogP) is 14.2. The molecule has 0 aliphatic carbocycles. The van der Waals surface area contributed by atoms with Crippen molar-refractivity contribution in [1.29, 1.82) is 0 Å². The van der Waals surface area contributed by atoms with Crippen LogP contribution in [0.15, 0.2) is 0 Å². The Morgan fingerprint density at radius 2 is 0.585 bits per heavy atom. The van der Waals surface area contributed by atoms with E-state index in [-0.39, 0.29) is 0 Å². The third-order valence-corrected chi connectivity index (χ3v) is 9.45. The summed E-state index contributed by atoms with van der Waals surface area (Å²) < 4.78 is 0. The molecule has 0 heterocycles. The van der Waals surface area contributed by atoms with E-state index in [9.17, 15) is 0 Å². The number of thiocarbonyl (C=S) groups is 1. The second-order valence-electron chi connectivity index (χ2n) is 13.5. The monoisotopic (exact) mass is 594 g/mol. The number of unbranched alkanes of at least 4 members (excludes halogenated alkanes) is 28. The van der Waals surface area contributed by atoms with Crippen molar-refractivity contribution in [2.45, 2.75) is 226 Å². The number of nitrogens with zero attached hydrogens (tertiary/aromatic N) is 1. The van der Waals surface area contributed by atoms with Gasteiger partial charge >= 0.3 is 0 Å². The zero-order chi connectivity index (χ0) is 29.9. The fraction of sp³-hybridized carbons (Fsp3) is 0.974. The van der Waals surface area contributed by atoms with Gasteiger partial charge in [-0.05, 0) is 38.8 Å². The molecule has 0 rings (SSSR count). The minimum atomic E-state index is 1.09. The molecule has 0 aliphatic heterocycles. The molecule has 0 unspecified atom stereocenters. The summed E-state index contributed by atoms with van der Waals surface area (Å²) in [6.45, 7) is 10.6. The van der Waals surface area contributed by atoms with Gasteiger partial charge in [0, 0.05) is 11.4 Å². The van der Waals surface area contributed by atoms with Gasteiger partial charge in [0.1, 0.15) is 0 Å². The van der Waals surface area contributed by atoms with Crippen molar-refractivity contribution in [3.63, 3.8) is 0 Å². The van der Waals surface area contributed by atoms with Crippen LogP contribution in [0.25, 0.3) is 0 Å². The van der Waals surface area contributed by atoms with Gasteiger partial charge in [-0.3, -0.25) is 4.90 Å². The summed E-state index contributed by atoms with van der Waals surface area (Å²) in [5, 5.41) is 0. The first-order chi connectivity index (χ1) is 20.2. The topological polar surface area (TPSA) is 3.24 Å². The van der Waals surface area contributed by atoms with E-state index in [0.29, 0.717) is 0 Å². The molecule has 41 heavy (non-hydrogen) atoms. The van der Waals surface area contributed by atoms with Gasteiger partial charge in [-0.2, -0.15) is 0 Å². The zero-order valence-corrected chi connectivity index (χ0v) is 29.9. The lowest BCUT2D eigenvalue weighted by atomic mass is 10.0. The van der Waals surface area contributed by atoms with Crippen molar-refractivity contribution in [3.8, 4) is 0 Å². The number of hydrogen-bond donors (Lipinski definition) is 0. The fourth-order valence-electron chi connectivity index (χ4n) is 6.23. The SMILES string of the molecule is CCCCCCCCCCCCCC(=S)CN(CCCCCCCCCCCC)CCCCCCCCCCCC. The van der Waals surface area contributed by atoms with Gasteiger partial charge < -0.3 is 0 Å². The van der Waals surface area contributed by atoms with Crippen LogP contribution in [0.1, 0.15) is 226 Å². The van der Waals surface area contributed by atoms with E-state index in [0.717, 1.165) is 6.54 Å². The summed E-state index contributed by atoms with van der Waals surface area (Å²) in [7, 11) is 0. The summed E-state index contributed by atoms with van der Waals surface area (Å²) in [4.78, 5) is 4.07. The van der Waals surface area contributed by atoms with Crippen LogP contribution in [0, 0.1) is 0 Å². The highest BCUT2D eigenvalue weighted by molar-refractivity contribution is 7.80. The Morgan fingerprint density at radius 1 is 0.341 bits per heavy atom. The van der Waals surface area contributed by atoms with E-state index in [1.807, 2.05) is 0 Å². The van der Waals surface area contributed by atoms with Gasteiger partial charge in [0.2, 0.25) is 0 Å². The summed E-state index contributed by atoms with van der Waals surface area (Å²) in [6, 6.07) is 0. The average Bonchev–Trinajstić information content (AvgIpc) is 2.97. The van der Waals surface area contributed by atoms with E-state index < -0.39 is 0 Å². The molecule has 0 spiro atoms. The normalized spacial score (nSPS) is 11.6. The first kappa shape index (κ1) is 41.0. The number of hydrogen-bond acceptors (Lipinski definition) is 2. The van der Waals surface area contributed by atoms with Crippen LogP contribution >= 0.6 is 12.2 Å². The van der Waals surface area contributed by atoms with Gasteiger partial charge in [-0.1, -0.05) is 213 Å². The molecule has 246 valence electrons. The Labute approximate surface area is 267 Å². The Morgan fingerprint density at radius 3 is 0.878 bits per heavy atom. The third-order valence-electron chi connectivity index (χ3n) is 9.11. The molecular weight excluding hydrogens is 515 g/mol. The van der Waals surface area contributed by atoms with E-state index in [2.05, 4.69) is 25.7 Å². The van der Waals surface area contributed by atoms with Gasteiger partial charge in [-0.25, -0.2) is 0 Å². The van der Waals surface area contributed by atoms with E-state index >= 15 is 0 Å². The molecule has 0 aromatic rings. The summed E-state index contributed by atoms with van der Waals surface area (Å²) in [5.41, 5.74) is 0. The zero-order valence-electron chi connectivity index (χ0n) is 29.1. The van der Waals surface area contributed by atoms with Crippen LogP contribution in [-0.4, -0.2) is 29.4 Å². The predicted molar refractivity (Wildman–Crippen MR) is 194 cm³/mol. The Kier molecular flexibility index (Phi) is 36.3. The maximum absolute atomic E-state index is 5.92. The minimum Gasteiger partial charge on any atom is -0.299 e. The summed E-state index contributed by atoms with van der Waals surface area (Å²) in [6.07, 6.45) is 45.3. The average molecular weight is 594 g/mol. The molecule has 0 aromatic heterocycles. The molecule has 0 aromatic carbocycles. The van der Waals surface area contributed by atoms with Crippen molar-refractivity contribution in [1.82, 2.24) is 4.90 Å². The second-order valence-corrected chi connectivity index (χ2v) is 14.0. The van der Waals surface area contributed by atoms with Crippen LogP contribution in [-0.2, 0) is 0 Å². The maximum Gasteiger partial charge on any atom is 0.0297 e. The molecule has 0 N–H and O–H groups in total. The van der Waals surface area contributed by atoms with E-state index in [1.54, 1.807) is 0 Å². The molecule has 0 radical (unpaired) electrons. The van der Waals surface area contributed by atoms with Crippen molar-refractivity contribution < 1.29 is 0 Å². The van der Waals surface area contributed by atoms with Crippen molar-refractivity contribution >= 4 is 17.1 Å². The third kappa shape index (κ3) is 34.4. The lowest BCUT2D eigenvalue weighted by Gasteiger charge is -2.23. The molecule has 0 saturated carbocycles. The van der Waals surface area contributed by atoms with E-state index in [1.165, 1.54) is 223 Å². The highest BCUT2D eigenvalue weighted by Crippen LogP contribution is 2.15. The van der Waals surface area contributed by atoms with Crippen LogP contribution in [0.2, 0.25) is 0 Å². The Balaban J connectivity index is 4.03. The van der Waals surface area contributed by atoms with E-state index in [4.69, 9.17) is 12.2 Å². The van der Waals surface area contributed by atoms with Gasteiger partial charge in [0.05, 0.1) is 0 Å². The lowest BCUT2D eigenvalue weighted by Crippen LogP contribution is -2.31. The first-order valence-corrected chi connectivity index (χ1v) is 19.9. The quantitative estimate of drug-likeness (QED) is 0.0525. The maximum atomic E-state index is 5.92. The molecule has 2 heteroatoms. The van der Waals surface area contributed by atoms with Crippen LogP contribution in [0.4, 0.5) is 0 Å². The largest absolute Gasteiger partial charge is 0.299 e. The van der Waals surface area contributed by atoms with Gasteiger partial charge in [0.25, 0.3) is 0 Å². The Bertz CT molecular complexity index is 466. The Hall–Kier alpha value is 0.0500. The fourth-order valence-corrected chi connectivity index (χ4v) is 6.56. The highest BCUT2D eigenvalue weighted by atomic mass is 32.1. The number of rotatable bonds is 36. The molecule has 0 saturated heterocycles. The molecule has 0 bridgehead atoms. The molecule has 0 amide bonds. The van der Waals surface area contributed by atoms with Crippen LogP contribution < -0.4 is 0 Å². The standard InChI is InChI=1S/C39H79NS/c1-4-7-10-13-16-19-22-23-26-29-32-35-39(41)38-40(36-33-30-27-24-20-17-14-11-8-5-2)37-34-31-28-25-21-18-15-12-9-6-3/h4-38H2,1-3H3. The van der Waals surface area contributed by atoms with Crippen molar-refractivity contribution in [2.75, 3.05) is 19.6 Å². The lowest BCUT2D eigenvalue weighted by molar-refractivity contribution is 0.293. The molecule has 0 fully saturated rings. The summed E-state index contributed by atoms with van der Waals surface area (Å²) in [5.74, 6) is 0. The highest BCUT2D eigenvalue weighted by Gasteiger charge is 2.08. The first-order valence-electron chi connectivity index (χ1n) is 19.5. The smallest absolute Gasteiger partial charge is 0.0297 e. The van der Waals surface area contributed by atoms with Crippen molar-refractivity contribution in [3.05, 3.63) is 0 Å². The van der Waals surface area contributed by atoms with Crippen LogP contribution in [0.3, 0.4) is 0 Å². The minimum absolute atomic E-state index is 1.09. The molecular formula is C39H79NS. The summed E-state index contributed by atoms with van der Waals surface area (Å²) >= 11 is 5.92. The molecule has 0 aliphatic rings. The van der Waals surface area contributed by atoms with Gasteiger partial charge in [0.15, 0.2) is 0 Å². The second kappa shape index (κ2) is 36.2. The molecule has 0 atom stereocenters. The van der Waals surface area contributed by atoms with Gasteiger partial charge in [-0.15, -0.1) is 0 Å².